The molecule has 1 aliphatic heterocycles. The summed E-state index contributed by atoms with van der Waals surface area (Å²) in [5.41, 5.74) is 1.46. The number of hydrogen-bond acceptors (Lipinski definition) is 2. The quantitative estimate of drug-likeness (QED) is 0.887. The number of carbonyl (C=O) groups is 1. The Labute approximate surface area is 113 Å². The van der Waals surface area contributed by atoms with Gasteiger partial charge in [0.2, 0.25) is 0 Å². The maximum Gasteiger partial charge on any atom is 0.314 e. The summed E-state index contributed by atoms with van der Waals surface area (Å²) >= 11 is 0. The maximum absolute atomic E-state index is 11.8. The summed E-state index contributed by atoms with van der Waals surface area (Å²) in [7, 11) is 0. The van der Waals surface area contributed by atoms with Gasteiger partial charge < -0.3 is 9.84 Å². The summed E-state index contributed by atoms with van der Waals surface area (Å²) in [6, 6.07) is 5.97. The molecule has 1 aliphatic carbocycles. The van der Waals surface area contributed by atoms with Crippen molar-refractivity contribution in [2.24, 2.45) is 0 Å². The molecule has 1 N–H and O–H groups in total. The molecule has 1 unspecified atom stereocenters. The molecular weight excluding hydrogens is 240 g/mol. The van der Waals surface area contributed by atoms with Crippen molar-refractivity contribution >= 4 is 5.97 Å². The molecule has 19 heavy (non-hydrogen) atoms. The van der Waals surface area contributed by atoms with Crippen LogP contribution in [0.4, 0.5) is 0 Å². The number of aliphatic carboxylic acids is 1. The van der Waals surface area contributed by atoms with Gasteiger partial charge in [-0.1, -0.05) is 31.4 Å². The summed E-state index contributed by atoms with van der Waals surface area (Å²) in [4.78, 5) is 11.8. The van der Waals surface area contributed by atoms with Crippen LogP contribution >= 0.6 is 0 Å². The van der Waals surface area contributed by atoms with Crippen LogP contribution in [0.25, 0.3) is 0 Å². The fraction of sp³-hybridized carbons (Fsp3) is 0.562. The molecule has 0 amide bonds. The van der Waals surface area contributed by atoms with E-state index in [9.17, 15) is 9.90 Å². The minimum Gasteiger partial charge on any atom is -0.490 e. The van der Waals surface area contributed by atoms with Crippen molar-refractivity contribution in [2.45, 2.75) is 57.0 Å². The number of benzene rings is 1. The van der Waals surface area contributed by atoms with Crippen molar-refractivity contribution in [2.75, 3.05) is 0 Å². The third-order valence-corrected chi connectivity index (χ3v) is 4.57. The summed E-state index contributed by atoms with van der Waals surface area (Å²) in [5.74, 6) is 0.256. The van der Waals surface area contributed by atoms with Gasteiger partial charge in [0, 0.05) is 6.42 Å². The third-order valence-electron chi connectivity index (χ3n) is 4.57. The first-order valence-electron chi connectivity index (χ1n) is 7.15. The SMILES string of the molecule is CC1Cc2cc(C3(C(=O)O)CCCCC3)ccc2O1. The molecule has 1 saturated carbocycles. The Kier molecular flexibility index (Phi) is 3.00. The topological polar surface area (TPSA) is 46.5 Å². The molecule has 102 valence electrons. The van der Waals surface area contributed by atoms with Gasteiger partial charge in [0.15, 0.2) is 0 Å². The van der Waals surface area contributed by atoms with Crippen LogP contribution in [0.1, 0.15) is 50.2 Å². The summed E-state index contributed by atoms with van der Waals surface area (Å²) in [5, 5.41) is 9.71. The lowest BCUT2D eigenvalue weighted by molar-refractivity contribution is -0.145. The van der Waals surface area contributed by atoms with E-state index in [1.54, 1.807) is 0 Å². The highest BCUT2D eigenvalue weighted by Crippen LogP contribution is 2.42. The number of carboxylic acids is 1. The molecule has 3 nitrogen and oxygen atoms in total. The van der Waals surface area contributed by atoms with Crippen molar-refractivity contribution in [1.82, 2.24) is 0 Å². The van der Waals surface area contributed by atoms with E-state index in [0.717, 1.165) is 55.4 Å². The minimum absolute atomic E-state index is 0.206. The monoisotopic (exact) mass is 260 g/mol. The van der Waals surface area contributed by atoms with Crippen LogP contribution < -0.4 is 4.74 Å². The highest BCUT2D eigenvalue weighted by atomic mass is 16.5. The highest BCUT2D eigenvalue weighted by Gasteiger charge is 2.41. The van der Waals surface area contributed by atoms with E-state index >= 15 is 0 Å². The number of hydrogen-bond donors (Lipinski definition) is 1. The third kappa shape index (κ3) is 2.01. The molecule has 0 saturated heterocycles. The Bertz CT molecular complexity index is 501. The molecule has 3 rings (SSSR count). The average molecular weight is 260 g/mol. The minimum atomic E-state index is -0.668. The van der Waals surface area contributed by atoms with Crippen molar-refractivity contribution < 1.29 is 14.6 Å². The summed E-state index contributed by atoms with van der Waals surface area (Å²) in [6.45, 7) is 2.05. The van der Waals surface area contributed by atoms with Gasteiger partial charge in [0.25, 0.3) is 0 Å². The van der Waals surface area contributed by atoms with E-state index in [-0.39, 0.29) is 6.10 Å². The van der Waals surface area contributed by atoms with Gasteiger partial charge in [0.1, 0.15) is 11.9 Å². The van der Waals surface area contributed by atoms with Crippen molar-refractivity contribution in [3.63, 3.8) is 0 Å². The van der Waals surface area contributed by atoms with Crippen LogP contribution in [0.3, 0.4) is 0 Å². The standard InChI is InChI=1S/C16H20O3/c1-11-9-12-10-13(5-6-14(12)19-11)16(15(17)18)7-3-2-4-8-16/h5-6,10-11H,2-4,7-9H2,1H3,(H,17,18). The van der Waals surface area contributed by atoms with Crippen molar-refractivity contribution in [3.8, 4) is 5.75 Å². The average Bonchev–Trinajstić information content (AvgIpc) is 2.78. The molecule has 1 heterocycles. The van der Waals surface area contributed by atoms with Crippen LogP contribution in [0.5, 0.6) is 5.75 Å². The number of carboxylic acid groups (broad SMARTS) is 1. The van der Waals surface area contributed by atoms with E-state index in [0.29, 0.717) is 0 Å². The zero-order valence-electron chi connectivity index (χ0n) is 11.3. The van der Waals surface area contributed by atoms with Gasteiger partial charge in [-0.25, -0.2) is 0 Å². The largest absolute Gasteiger partial charge is 0.490 e. The van der Waals surface area contributed by atoms with Gasteiger partial charge in [0.05, 0.1) is 5.41 Å². The van der Waals surface area contributed by atoms with Crippen LogP contribution in [0, 0.1) is 0 Å². The van der Waals surface area contributed by atoms with Crippen LogP contribution in [-0.4, -0.2) is 17.2 Å². The van der Waals surface area contributed by atoms with Crippen molar-refractivity contribution in [3.05, 3.63) is 29.3 Å². The predicted octanol–water partition coefficient (Wildman–Crippen LogP) is 3.30. The Balaban J connectivity index is 2.00. The lowest BCUT2D eigenvalue weighted by atomic mass is 9.69. The highest BCUT2D eigenvalue weighted by molar-refractivity contribution is 5.81. The Morgan fingerprint density at radius 3 is 2.74 bits per heavy atom. The molecule has 1 atom stereocenters. The first-order chi connectivity index (χ1) is 9.12. The second-order valence-electron chi connectivity index (χ2n) is 5.90. The molecule has 0 bridgehead atoms. The van der Waals surface area contributed by atoms with Gasteiger partial charge in [-0.3, -0.25) is 4.79 Å². The van der Waals surface area contributed by atoms with E-state index < -0.39 is 11.4 Å². The molecular formula is C16H20O3. The van der Waals surface area contributed by atoms with Crippen LogP contribution in [-0.2, 0) is 16.6 Å². The van der Waals surface area contributed by atoms with E-state index in [1.807, 2.05) is 19.1 Å². The van der Waals surface area contributed by atoms with Gasteiger partial charge in [-0.15, -0.1) is 0 Å². The molecule has 0 radical (unpaired) electrons. The Morgan fingerprint density at radius 2 is 2.05 bits per heavy atom. The van der Waals surface area contributed by atoms with Gasteiger partial charge in [-0.05, 0) is 37.0 Å². The van der Waals surface area contributed by atoms with Crippen LogP contribution in [0.2, 0.25) is 0 Å². The van der Waals surface area contributed by atoms with E-state index in [2.05, 4.69) is 6.07 Å². The molecule has 0 spiro atoms. The van der Waals surface area contributed by atoms with Gasteiger partial charge >= 0.3 is 5.97 Å². The molecule has 0 aromatic heterocycles. The number of fused-ring (bicyclic) bond motifs is 1. The second kappa shape index (κ2) is 4.55. The Morgan fingerprint density at radius 1 is 1.32 bits per heavy atom. The van der Waals surface area contributed by atoms with Crippen LogP contribution in [0.15, 0.2) is 18.2 Å². The molecule has 1 fully saturated rings. The van der Waals surface area contributed by atoms with E-state index in [1.165, 1.54) is 0 Å². The van der Waals surface area contributed by atoms with Gasteiger partial charge in [-0.2, -0.15) is 0 Å². The first kappa shape index (κ1) is 12.5. The zero-order valence-corrected chi connectivity index (χ0v) is 11.3. The maximum atomic E-state index is 11.8. The summed E-state index contributed by atoms with van der Waals surface area (Å²) < 4.78 is 5.70. The fourth-order valence-corrected chi connectivity index (χ4v) is 3.50. The zero-order chi connectivity index (χ0) is 13.5. The molecule has 3 heteroatoms. The van der Waals surface area contributed by atoms with E-state index in [4.69, 9.17) is 4.74 Å². The smallest absolute Gasteiger partial charge is 0.314 e. The second-order valence-corrected chi connectivity index (χ2v) is 5.90. The lowest BCUT2D eigenvalue weighted by Gasteiger charge is -2.33. The molecule has 1 aromatic rings. The normalized spacial score (nSPS) is 24.6. The number of rotatable bonds is 2. The number of ether oxygens (including phenoxy) is 1. The lowest BCUT2D eigenvalue weighted by Crippen LogP contribution is -2.37. The molecule has 1 aromatic carbocycles. The Hall–Kier alpha value is -1.51. The van der Waals surface area contributed by atoms with Crippen molar-refractivity contribution in [1.29, 1.82) is 0 Å². The predicted molar refractivity (Wildman–Crippen MR) is 72.6 cm³/mol. The fourth-order valence-electron chi connectivity index (χ4n) is 3.50. The summed E-state index contributed by atoms with van der Waals surface area (Å²) in [6.07, 6.45) is 5.79. The first-order valence-corrected chi connectivity index (χ1v) is 7.15. The molecule has 2 aliphatic rings.